The van der Waals surface area contributed by atoms with E-state index < -0.39 is 0 Å². The summed E-state index contributed by atoms with van der Waals surface area (Å²) in [6.45, 7) is 1.53. The molecule has 1 aliphatic rings. The van der Waals surface area contributed by atoms with Crippen LogP contribution in [0.1, 0.15) is 32.6 Å². The Balaban J connectivity index is 2.51. The minimum Gasteiger partial charge on any atom is -0.861 e. The first kappa shape index (κ1) is 8.24. The minimum atomic E-state index is -0.0880. The van der Waals surface area contributed by atoms with Gasteiger partial charge in [0.15, 0.2) is 0 Å². The molecular formula is C8H13N2O-. The summed E-state index contributed by atoms with van der Waals surface area (Å²) in [7, 11) is 0. The van der Waals surface area contributed by atoms with Crippen LogP contribution >= 0.6 is 0 Å². The van der Waals surface area contributed by atoms with Crippen LogP contribution in [0, 0.1) is 11.3 Å². The van der Waals surface area contributed by atoms with E-state index in [0.29, 0.717) is 0 Å². The maximum Gasteiger partial charge on any atom is 0.116 e. The highest BCUT2D eigenvalue weighted by atomic mass is 16.3. The molecule has 1 rings (SSSR count). The molecule has 1 fully saturated rings. The van der Waals surface area contributed by atoms with Gasteiger partial charge >= 0.3 is 0 Å². The number of hydrogen-bond acceptors (Lipinski definition) is 2. The summed E-state index contributed by atoms with van der Waals surface area (Å²) < 4.78 is 0. The minimum absolute atomic E-state index is 0.0880. The summed E-state index contributed by atoms with van der Waals surface area (Å²) in [6.07, 6.45) is 4.22. The lowest BCUT2D eigenvalue weighted by atomic mass is 10.1. The second-order valence-corrected chi connectivity index (χ2v) is 3.02. The van der Waals surface area contributed by atoms with E-state index in [1.807, 2.05) is 0 Å². The zero-order chi connectivity index (χ0) is 8.27. The molecule has 0 spiro atoms. The van der Waals surface area contributed by atoms with Crippen LogP contribution in [-0.2, 0) is 0 Å². The van der Waals surface area contributed by atoms with Gasteiger partial charge in [-0.3, -0.25) is 10.4 Å². The molecule has 0 aromatic heterocycles. The van der Waals surface area contributed by atoms with Crippen LogP contribution in [0.15, 0.2) is 4.99 Å². The van der Waals surface area contributed by atoms with Crippen LogP contribution in [0.4, 0.5) is 0 Å². The van der Waals surface area contributed by atoms with Crippen molar-refractivity contribution in [2.45, 2.75) is 32.6 Å². The fourth-order valence-corrected chi connectivity index (χ4v) is 1.43. The fourth-order valence-electron chi connectivity index (χ4n) is 1.43. The highest BCUT2D eigenvalue weighted by Crippen LogP contribution is 2.24. The van der Waals surface area contributed by atoms with Crippen LogP contribution in [0.2, 0.25) is 0 Å². The van der Waals surface area contributed by atoms with E-state index in [4.69, 9.17) is 5.41 Å². The fraction of sp³-hybridized carbons (Fsp3) is 0.750. The first-order chi connectivity index (χ1) is 5.20. The second-order valence-electron chi connectivity index (χ2n) is 3.02. The normalized spacial score (nSPS) is 20.6. The van der Waals surface area contributed by atoms with E-state index in [0.717, 1.165) is 25.7 Å². The number of amidine groups is 1. The first-order valence-corrected chi connectivity index (χ1v) is 4.01. The Morgan fingerprint density at radius 2 is 2.00 bits per heavy atom. The van der Waals surface area contributed by atoms with Crippen LogP contribution in [0.3, 0.4) is 0 Å². The van der Waals surface area contributed by atoms with Crippen molar-refractivity contribution in [3.8, 4) is 0 Å². The number of nitrogens with one attached hydrogen (secondary N) is 1. The zero-order valence-corrected chi connectivity index (χ0v) is 6.76. The maximum absolute atomic E-state index is 11.1. The molecule has 0 heterocycles. The van der Waals surface area contributed by atoms with E-state index >= 15 is 0 Å². The van der Waals surface area contributed by atoms with Gasteiger partial charge in [-0.1, -0.05) is 12.8 Å². The molecule has 0 bridgehead atoms. The molecule has 0 atom stereocenters. The topological polar surface area (TPSA) is 59.3 Å². The van der Waals surface area contributed by atoms with Crippen LogP contribution in [0.25, 0.3) is 0 Å². The van der Waals surface area contributed by atoms with Gasteiger partial charge in [-0.05, 0) is 31.6 Å². The van der Waals surface area contributed by atoms with Crippen LogP contribution in [0.5, 0.6) is 0 Å². The van der Waals surface area contributed by atoms with Gasteiger partial charge in [-0.25, -0.2) is 0 Å². The molecule has 0 aliphatic heterocycles. The van der Waals surface area contributed by atoms with Crippen molar-refractivity contribution < 1.29 is 5.11 Å². The van der Waals surface area contributed by atoms with Gasteiger partial charge in [-0.15, -0.1) is 0 Å². The molecule has 3 nitrogen and oxygen atoms in total. The quantitative estimate of drug-likeness (QED) is 0.442. The predicted molar refractivity (Wildman–Crippen MR) is 42.8 cm³/mol. The van der Waals surface area contributed by atoms with Crippen molar-refractivity contribution in [1.82, 2.24) is 0 Å². The Bertz CT molecular complexity index is 181. The summed E-state index contributed by atoms with van der Waals surface area (Å²) in [4.78, 5) is 3.60. The van der Waals surface area contributed by atoms with E-state index in [1.165, 1.54) is 6.92 Å². The summed E-state index contributed by atoms with van der Waals surface area (Å²) in [5.74, 6) is 0.159. The molecular weight excluding hydrogens is 140 g/mol. The smallest absolute Gasteiger partial charge is 0.116 e. The maximum atomic E-state index is 11.1. The second kappa shape index (κ2) is 3.51. The Morgan fingerprint density at radius 1 is 1.45 bits per heavy atom. The lowest BCUT2D eigenvalue weighted by molar-refractivity contribution is -0.223. The lowest BCUT2D eigenvalue weighted by Crippen LogP contribution is -2.26. The van der Waals surface area contributed by atoms with Crippen LogP contribution < -0.4 is 5.11 Å². The van der Waals surface area contributed by atoms with E-state index in [9.17, 15) is 5.11 Å². The van der Waals surface area contributed by atoms with Crippen molar-refractivity contribution in [1.29, 1.82) is 5.41 Å². The largest absolute Gasteiger partial charge is 0.861 e. The van der Waals surface area contributed by atoms with Gasteiger partial charge in [0.25, 0.3) is 0 Å². The first-order valence-electron chi connectivity index (χ1n) is 4.01. The monoisotopic (exact) mass is 153 g/mol. The van der Waals surface area contributed by atoms with Crippen molar-refractivity contribution in [2.24, 2.45) is 10.9 Å². The molecule has 0 aromatic carbocycles. The van der Waals surface area contributed by atoms with E-state index in [-0.39, 0.29) is 17.7 Å². The van der Waals surface area contributed by atoms with Gasteiger partial charge in [0, 0.05) is 0 Å². The Hall–Kier alpha value is -0.860. The molecule has 0 saturated heterocycles. The standard InChI is InChI=1S/C8H14N2O/c1-6(9)10-8(11)7-4-2-3-5-7/h7H,2-5H2,1H3,(H2,9,10,11)/p-1. The summed E-state index contributed by atoms with van der Waals surface area (Å²) in [5, 5.41) is 18.1. The molecule has 1 N–H and O–H groups in total. The SMILES string of the molecule is CC(=N)N=C([O-])C1CCCC1. The molecule has 11 heavy (non-hydrogen) atoms. The number of nitrogens with zero attached hydrogens (tertiary/aromatic N) is 1. The molecule has 1 aliphatic carbocycles. The number of rotatable bonds is 1. The average Bonchev–Trinajstić information content (AvgIpc) is 2.35. The highest BCUT2D eigenvalue weighted by Gasteiger charge is 2.14. The van der Waals surface area contributed by atoms with Gasteiger partial charge in [0.2, 0.25) is 0 Å². The summed E-state index contributed by atoms with van der Waals surface area (Å²) in [6, 6.07) is 0. The third kappa shape index (κ3) is 2.33. The lowest BCUT2D eigenvalue weighted by Gasteiger charge is -2.16. The van der Waals surface area contributed by atoms with Gasteiger partial charge in [0.05, 0.1) is 0 Å². The molecule has 62 valence electrons. The van der Waals surface area contributed by atoms with Crippen molar-refractivity contribution >= 4 is 11.7 Å². The van der Waals surface area contributed by atoms with Crippen molar-refractivity contribution in [2.75, 3.05) is 0 Å². The van der Waals surface area contributed by atoms with Gasteiger partial charge < -0.3 is 5.11 Å². The Kier molecular flexibility index (Phi) is 2.63. The molecule has 0 aromatic rings. The van der Waals surface area contributed by atoms with Gasteiger partial charge in [-0.2, -0.15) is 0 Å². The zero-order valence-electron chi connectivity index (χ0n) is 6.76. The summed E-state index contributed by atoms with van der Waals surface area (Å²) >= 11 is 0. The Labute approximate surface area is 66.7 Å². The van der Waals surface area contributed by atoms with Crippen molar-refractivity contribution in [3.63, 3.8) is 0 Å². The third-order valence-electron chi connectivity index (χ3n) is 1.98. The third-order valence-corrected chi connectivity index (χ3v) is 1.98. The molecule has 0 amide bonds. The van der Waals surface area contributed by atoms with Crippen molar-refractivity contribution in [3.05, 3.63) is 0 Å². The molecule has 0 radical (unpaired) electrons. The predicted octanol–water partition coefficient (Wildman–Crippen LogP) is 0.933. The number of aliphatic imine (C=N–C) groups is 1. The molecule has 1 saturated carbocycles. The molecule has 0 unspecified atom stereocenters. The van der Waals surface area contributed by atoms with Crippen LogP contribution in [-0.4, -0.2) is 11.7 Å². The average molecular weight is 153 g/mol. The van der Waals surface area contributed by atoms with E-state index in [2.05, 4.69) is 4.99 Å². The van der Waals surface area contributed by atoms with E-state index in [1.54, 1.807) is 0 Å². The highest BCUT2D eigenvalue weighted by molar-refractivity contribution is 5.90. The summed E-state index contributed by atoms with van der Waals surface area (Å²) in [5.41, 5.74) is 0. The Morgan fingerprint density at radius 3 is 2.45 bits per heavy atom. The van der Waals surface area contributed by atoms with Gasteiger partial charge in [0.1, 0.15) is 5.84 Å². The molecule has 3 heteroatoms. The number of hydrogen-bond donors (Lipinski definition) is 1.